The first-order chi connectivity index (χ1) is 30.8. The molecule has 10 aromatic carbocycles. The van der Waals surface area contributed by atoms with Crippen molar-refractivity contribution in [3.8, 4) is 22.9 Å². The molecular formula is C58H33N3O. The highest BCUT2D eigenvalue weighted by Gasteiger charge is 2.52. The number of para-hydroxylation sites is 6. The minimum Gasteiger partial charge on any atom is -0.452 e. The molecule has 1 atom stereocenters. The fraction of sp³-hybridized carbons (Fsp3) is 0.0172. The molecule has 62 heavy (non-hydrogen) atoms. The number of benzene rings is 10. The van der Waals surface area contributed by atoms with Crippen LogP contribution in [0.2, 0.25) is 0 Å². The summed E-state index contributed by atoms with van der Waals surface area (Å²) in [6.45, 7) is 0. The van der Waals surface area contributed by atoms with Crippen molar-refractivity contribution >= 4 is 82.4 Å². The number of nitrogens with zero attached hydrogens (tertiary/aromatic N) is 3. The highest BCUT2D eigenvalue weighted by atomic mass is 16.3. The summed E-state index contributed by atoms with van der Waals surface area (Å²) >= 11 is 0. The van der Waals surface area contributed by atoms with Crippen molar-refractivity contribution in [3.05, 3.63) is 228 Å². The van der Waals surface area contributed by atoms with Gasteiger partial charge in [-0.25, -0.2) is 0 Å². The maximum atomic E-state index is 10.2. The molecule has 286 valence electrons. The summed E-state index contributed by atoms with van der Waals surface area (Å²) in [6, 6.07) is 75.1. The molecule has 1 aliphatic carbocycles. The second kappa shape index (κ2) is 12.1. The van der Waals surface area contributed by atoms with Gasteiger partial charge in [0.1, 0.15) is 6.07 Å². The lowest BCUT2D eigenvalue weighted by Gasteiger charge is -2.40. The topological polar surface area (TPSA) is 45.1 Å². The van der Waals surface area contributed by atoms with Gasteiger partial charge in [0.15, 0.2) is 11.2 Å². The first-order valence-electron chi connectivity index (χ1n) is 21.2. The van der Waals surface area contributed by atoms with Crippen molar-refractivity contribution in [3.63, 3.8) is 0 Å². The minimum absolute atomic E-state index is 0.522. The largest absolute Gasteiger partial charge is 0.452 e. The summed E-state index contributed by atoms with van der Waals surface area (Å²) in [7, 11) is 0. The number of rotatable bonds is 3. The number of fused-ring (bicyclic) bond motifs is 19. The van der Waals surface area contributed by atoms with Crippen LogP contribution in [0.5, 0.6) is 0 Å². The molecule has 0 saturated carbocycles. The van der Waals surface area contributed by atoms with Crippen LogP contribution in [0.15, 0.2) is 205 Å². The molecule has 12 aromatic rings. The zero-order chi connectivity index (χ0) is 40.7. The quantitative estimate of drug-likeness (QED) is 0.179. The average molecular weight is 788 g/mol. The predicted molar refractivity (Wildman–Crippen MR) is 253 cm³/mol. The van der Waals surface area contributed by atoms with E-state index in [4.69, 9.17) is 4.42 Å². The molecule has 14 rings (SSSR count). The fourth-order valence-corrected chi connectivity index (χ4v) is 11.4. The maximum Gasteiger partial charge on any atom is 0.159 e. The minimum atomic E-state index is -0.677. The van der Waals surface area contributed by atoms with Crippen molar-refractivity contribution in [2.24, 2.45) is 0 Å². The number of hydrogen-bond acceptors (Lipinski definition) is 3. The highest BCUT2D eigenvalue weighted by molar-refractivity contribution is 6.19. The Labute approximate surface area is 356 Å². The molecule has 0 saturated heterocycles. The lowest BCUT2D eigenvalue weighted by molar-refractivity contribution is 0.668. The zero-order valence-corrected chi connectivity index (χ0v) is 33.3. The van der Waals surface area contributed by atoms with Gasteiger partial charge in [-0.15, -0.1) is 0 Å². The number of hydrogen-bond donors (Lipinski definition) is 0. The van der Waals surface area contributed by atoms with Crippen LogP contribution in [-0.4, -0.2) is 4.57 Å². The summed E-state index contributed by atoms with van der Waals surface area (Å²) < 4.78 is 9.34. The van der Waals surface area contributed by atoms with Crippen LogP contribution < -0.4 is 4.90 Å². The lowest BCUT2D eigenvalue weighted by Crippen LogP contribution is -2.33. The smallest absolute Gasteiger partial charge is 0.159 e. The molecular weight excluding hydrogens is 755 g/mol. The summed E-state index contributed by atoms with van der Waals surface area (Å²) in [6.07, 6.45) is 0. The van der Waals surface area contributed by atoms with Gasteiger partial charge in [0.25, 0.3) is 0 Å². The molecule has 3 heterocycles. The van der Waals surface area contributed by atoms with Gasteiger partial charge in [-0.1, -0.05) is 158 Å². The Balaban J connectivity index is 1.19. The van der Waals surface area contributed by atoms with Crippen LogP contribution >= 0.6 is 0 Å². The van der Waals surface area contributed by atoms with Gasteiger partial charge in [0.05, 0.1) is 39.1 Å². The SMILES string of the molecule is N#Cc1cccc2c1oc1c(N(c3ccccc3)c3cc4c(c5ccccc35)-c3c(ccc5ccccc35)C43c4ccccc4-n4c5ccccc5c5cccc3c54)cccc12. The molecule has 0 bridgehead atoms. The van der Waals surface area contributed by atoms with Crippen LogP contribution in [0.1, 0.15) is 27.8 Å². The summed E-state index contributed by atoms with van der Waals surface area (Å²) in [5.41, 5.74) is 15.4. The number of anilines is 3. The normalized spacial score (nSPS) is 14.8. The number of aromatic nitrogens is 1. The van der Waals surface area contributed by atoms with E-state index in [0.29, 0.717) is 11.1 Å². The van der Waals surface area contributed by atoms with Gasteiger partial charge in [0, 0.05) is 32.6 Å². The third-order valence-electron chi connectivity index (χ3n) is 13.8. The molecule has 1 spiro atoms. The molecule has 0 N–H and O–H groups in total. The first kappa shape index (κ1) is 33.4. The molecule has 2 aromatic heterocycles. The maximum absolute atomic E-state index is 10.2. The van der Waals surface area contributed by atoms with E-state index in [1.807, 2.05) is 12.1 Å². The van der Waals surface area contributed by atoms with Crippen molar-refractivity contribution in [2.75, 3.05) is 4.90 Å². The highest BCUT2D eigenvalue weighted by Crippen LogP contribution is 2.64. The third-order valence-corrected chi connectivity index (χ3v) is 13.8. The summed E-state index contributed by atoms with van der Waals surface area (Å²) in [5, 5.41) is 19.4. The van der Waals surface area contributed by atoms with Crippen molar-refractivity contribution in [2.45, 2.75) is 5.41 Å². The molecule has 0 radical (unpaired) electrons. The Morgan fingerprint density at radius 1 is 0.452 bits per heavy atom. The number of nitriles is 1. The Morgan fingerprint density at radius 3 is 1.97 bits per heavy atom. The van der Waals surface area contributed by atoms with Crippen molar-refractivity contribution in [1.29, 1.82) is 5.26 Å². The lowest BCUT2D eigenvalue weighted by atomic mass is 9.65. The fourth-order valence-electron chi connectivity index (χ4n) is 11.4. The molecule has 0 fully saturated rings. The Bertz CT molecular complexity index is 3960. The van der Waals surface area contributed by atoms with Gasteiger partial charge in [-0.2, -0.15) is 5.26 Å². The Morgan fingerprint density at radius 2 is 1.10 bits per heavy atom. The van der Waals surface area contributed by atoms with E-state index in [-0.39, 0.29) is 0 Å². The average Bonchev–Trinajstić information content (AvgIpc) is 3.99. The van der Waals surface area contributed by atoms with Crippen LogP contribution in [0.4, 0.5) is 17.1 Å². The molecule has 4 nitrogen and oxygen atoms in total. The van der Waals surface area contributed by atoms with Gasteiger partial charge in [0.2, 0.25) is 0 Å². The van der Waals surface area contributed by atoms with Gasteiger partial charge in [-0.05, 0) is 92.0 Å². The predicted octanol–water partition coefficient (Wildman–Crippen LogP) is 15.0. The van der Waals surface area contributed by atoms with Crippen LogP contribution in [0, 0.1) is 11.3 Å². The second-order valence-electron chi connectivity index (χ2n) is 16.6. The molecule has 2 aliphatic rings. The van der Waals surface area contributed by atoms with E-state index >= 15 is 0 Å². The van der Waals surface area contributed by atoms with Gasteiger partial charge in [-0.3, -0.25) is 0 Å². The van der Waals surface area contributed by atoms with E-state index in [2.05, 4.69) is 204 Å². The molecule has 4 heteroatoms. The Hall–Kier alpha value is -8.39. The van der Waals surface area contributed by atoms with E-state index in [9.17, 15) is 5.26 Å². The monoisotopic (exact) mass is 787 g/mol. The first-order valence-corrected chi connectivity index (χ1v) is 21.2. The van der Waals surface area contributed by atoms with Gasteiger partial charge >= 0.3 is 0 Å². The standard InChI is InChI=1S/C58H33N3O/c59-34-36-16-12-24-43-44-25-14-30-51(57(44)62-56(36)43)60(37-17-2-1-3-18-37)52-33-48-54(41-22-7-6-20-39(41)52)53-38-19-5-4-15-35(38)31-32-46(53)58(48)45-26-9-11-29-50(45)61-49-28-10-8-21-40(49)42-23-13-27-47(58)55(42)61/h1-33H. The number of furan rings is 1. The van der Waals surface area contributed by atoms with Crippen LogP contribution in [0.3, 0.4) is 0 Å². The zero-order valence-electron chi connectivity index (χ0n) is 33.3. The molecule has 1 unspecified atom stereocenters. The van der Waals surface area contributed by atoms with Crippen LogP contribution in [0.25, 0.3) is 82.1 Å². The summed E-state index contributed by atoms with van der Waals surface area (Å²) in [4.78, 5) is 2.38. The van der Waals surface area contributed by atoms with E-state index in [0.717, 1.165) is 38.8 Å². The van der Waals surface area contributed by atoms with E-state index < -0.39 is 5.41 Å². The van der Waals surface area contributed by atoms with Gasteiger partial charge < -0.3 is 13.9 Å². The third kappa shape index (κ3) is 4.05. The van der Waals surface area contributed by atoms with Crippen molar-refractivity contribution < 1.29 is 4.42 Å². The van der Waals surface area contributed by atoms with E-state index in [1.165, 1.54) is 77.0 Å². The molecule has 1 aliphatic heterocycles. The van der Waals surface area contributed by atoms with Crippen LogP contribution in [-0.2, 0) is 5.41 Å². The molecule has 0 amide bonds. The van der Waals surface area contributed by atoms with Crippen molar-refractivity contribution in [1.82, 2.24) is 4.57 Å². The second-order valence-corrected chi connectivity index (χ2v) is 16.6. The Kier molecular flexibility index (Phi) is 6.53. The van der Waals surface area contributed by atoms with E-state index in [1.54, 1.807) is 0 Å². The summed E-state index contributed by atoms with van der Waals surface area (Å²) in [5.74, 6) is 0.